The summed E-state index contributed by atoms with van der Waals surface area (Å²) in [5.41, 5.74) is 7.28. The Hall–Kier alpha value is -1.44. The average molecular weight is 339 g/mol. The van der Waals surface area contributed by atoms with Gasteiger partial charge >= 0.3 is 0 Å². The third-order valence-electron chi connectivity index (χ3n) is 3.40. The number of carbonyl (C=O) groups is 1. The Morgan fingerprint density at radius 2 is 2.40 bits per heavy atom. The van der Waals surface area contributed by atoms with Crippen molar-refractivity contribution in [3.63, 3.8) is 0 Å². The number of pyridine rings is 1. The number of primary amides is 1. The second-order valence-corrected chi connectivity index (χ2v) is 5.74. The molecule has 0 unspecified atom stereocenters. The van der Waals surface area contributed by atoms with E-state index in [0.29, 0.717) is 19.7 Å². The van der Waals surface area contributed by atoms with Crippen molar-refractivity contribution < 1.29 is 9.53 Å². The second kappa shape index (κ2) is 5.51. The number of imidazole rings is 1. The average Bonchev–Trinajstić information content (AvgIpc) is 2.82. The van der Waals surface area contributed by atoms with Crippen LogP contribution in [-0.4, -0.2) is 46.0 Å². The fraction of sp³-hybridized carbons (Fsp3) is 0.385. The predicted octanol–water partition coefficient (Wildman–Crippen LogP) is 0.783. The van der Waals surface area contributed by atoms with E-state index in [1.165, 1.54) is 0 Å². The highest BCUT2D eigenvalue weighted by Gasteiger charge is 2.25. The summed E-state index contributed by atoms with van der Waals surface area (Å²) in [5, 5.41) is 0. The van der Waals surface area contributed by atoms with Crippen LogP contribution in [0.2, 0.25) is 0 Å². The molecule has 6 nitrogen and oxygen atoms in total. The zero-order valence-electron chi connectivity index (χ0n) is 10.8. The van der Waals surface area contributed by atoms with Gasteiger partial charge in [0.1, 0.15) is 11.8 Å². The Morgan fingerprint density at radius 3 is 3.20 bits per heavy atom. The summed E-state index contributed by atoms with van der Waals surface area (Å²) in [7, 11) is 0. The van der Waals surface area contributed by atoms with E-state index in [4.69, 9.17) is 10.5 Å². The molecule has 20 heavy (non-hydrogen) atoms. The van der Waals surface area contributed by atoms with Crippen LogP contribution in [-0.2, 0) is 16.1 Å². The summed E-state index contributed by atoms with van der Waals surface area (Å²) < 4.78 is 8.39. The van der Waals surface area contributed by atoms with E-state index in [-0.39, 0.29) is 0 Å². The Kier molecular flexibility index (Phi) is 3.73. The van der Waals surface area contributed by atoms with Crippen molar-refractivity contribution in [3.8, 4) is 0 Å². The number of morpholine rings is 1. The van der Waals surface area contributed by atoms with E-state index in [1.54, 1.807) is 0 Å². The lowest BCUT2D eigenvalue weighted by Gasteiger charge is -2.31. The molecule has 1 amide bonds. The van der Waals surface area contributed by atoms with E-state index in [1.807, 2.05) is 28.9 Å². The number of nitrogens with two attached hydrogens (primary N) is 1. The molecule has 0 aliphatic carbocycles. The number of aromatic nitrogens is 2. The lowest BCUT2D eigenvalue weighted by atomic mass is 10.2. The van der Waals surface area contributed by atoms with Crippen LogP contribution in [0.25, 0.3) is 5.65 Å². The molecule has 2 aromatic rings. The van der Waals surface area contributed by atoms with Crippen molar-refractivity contribution in [1.29, 1.82) is 0 Å². The zero-order chi connectivity index (χ0) is 14.1. The van der Waals surface area contributed by atoms with E-state index in [9.17, 15) is 4.79 Å². The van der Waals surface area contributed by atoms with Gasteiger partial charge in [-0.25, -0.2) is 4.98 Å². The molecule has 1 aliphatic rings. The van der Waals surface area contributed by atoms with Crippen molar-refractivity contribution >= 4 is 27.5 Å². The molecular formula is C13H15BrN4O2. The van der Waals surface area contributed by atoms with Gasteiger partial charge in [0.05, 0.1) is 18.5 Å². The number of amides is 1. The van der Waals surface area contributed by atoms with Gasteiger partial charge in [0.2, 0.25) is 5.91 Å². The van der Waals surface area contributed by atoms with Crippen LogP contribution in [0, 0.1) is 0 Å². The molecule has 1 fully saturated rings. The van der Waals surface area contributed by atoms with Gasteiger partial charge < -0.3 is 14.9 Å². The van der Waals surface area contributed by atoms with Gasteiger partial charge in [-0.3, -0.25) is 9.69 Å². The lowest BCUT2D eigenvalue weighted by molar-refractivity contribution is -0.135. The number of ether oxygens (including phenoxy) is 1. The number of carbonyl (C=O) groups excluding carboxylic acids is 1. The Balaban J connectivity index is 1.79. The monoisotopic (exact) mass is 338 g/mol. The lowest BCUT2D eigenvalue weighted by Crippen LogP contribution is -2.48. The fourth-order valence-corrected chi connectivity index (χ4v) is 2.71. The second-order valence-electron chi connectivity index (χ2n) is 4.82. The van der Waals surface area contributed by atoms with Crippen LogP contribution in [0.4, 0.5) is 0 Å². The number of rotatable bonds is 3. The molecule has 3 rings (SSSR count). The first-order valence-corrected chi connectivity index (χ1v) is 7.17. The van der Waals surface area contributed by atoms with Crippen LogP contribution in [0.15, 0.2) is 29.0 Å². The summed E-state index contributed by atoms with van der Waals surface area (Å²) in [6.45, 7) is 2.54. The Bertz CT molecular complexity index is 642. The van der Waals surface area contributed by atoms with E-state index >= 15 is 0 Å². The molecule has 2 N–H and O–H groups in total. The maximum Gasteiger partial charge on any atom is 0.247 e. The minimum atomic E-state index is -0.519. The van der Waals surface area contributed by atoms with Crippen molar-refractivity contribution in [2.24, 2.45) is 5.73 Å². The van der Waals surface area contributed by atoms with Gasteiger partial charge in [-0.15, -0.1) is 0 Å². The van der Waals surface area contributed by atoms with E-state index < -0.39 is 12.0 Å². The molecule has 0 radical (unpaired) electrons. The van der Waals surface area contributed by atoms with E-state index in [0.717, 1.165) is 22.4 Å². The molecule has 7 heteroatoms. The van der Waals surface area contributed by atoms with Gasteiger partial charge in [0.25, 0.3) is 0 Å². The number of nitrogens with zero attached hydrogens (tertiary/aromatic N) is 3. The number of halogens is 1. The van der Waals surface area contributed by atoms with Crippen LogP contribution < -0.4 is 5.73 Å². The molecule has 1 atom stereocenters. The van der Waals surface area contributed by atoms with Crippen molar-refractivity contribution in [2.45, 2.75) is 12.6 Å². The zero-order valence-corrected chi connectivity index (χ0v) is 12.4. The fourth-order valence-electron chi connectivity index (χ4n) is 2.37. The molecular weight excluding hydrogens is 324 g/mol. The summed E-state index contributed by atoms with van der Waals surface area (Å²) >= 11 is 3.46. The topological polar surface area (TPSA) is 72.9 Å². The van der Waals surface area contributed by atoms with Crippen LogP contribution in [0.3, 0.4) is 0 Å². The molecule has 106 valence electrons. The Labute approximate surface area is 124 Å². The number of fused-ring (bicyclic) bond motifs is 1. The molecule has 1 saturated heterocycles. The molecule has 1 aliphatic heterocycles. The maximum absolute atomic E-state index is 11.2. The molecule has 0 aromatic carbocycles. The van der Waals surface area contributed by atoms with Gasteiger partial charge in [0.15, 0.2) is 0 Å². The minimum absolute atomic E-state index is 0.407. The first kappa shape index (κ1) is 13.5. The molecule has 0 bridgehead atoms. The van der Waals surface area contributed by atoms with Gasteiger partial charge in [-0.2, -0.15) is 0 Å². The predicted molar refractivity (Wildman–Crippen MR) is 77.1 cm³/mol. The highest BCUT2D eigenvalue weighted by atomic mass is 79.9. The summed E-state index contributed by atoms with van der Waals surface area (Å²) in [4.78, 5) is 17.7. The summed E-state index contributed by atoms with van der Waals surface area (Å²) in [6, 6.07) is 3.92. The highest BCUT2D eigenvalue weighted by molar-refractivity contribution is 9.10. The smallest absolute Gasteiger partial charge is 0.247 e. The Morgan fingerprint density at radius 1 is 1.55 bits per heavy atom. The SMILES string of the molecule is NC(=O)[C@H]1CN(Cc2cnc3ccc(Br)cn23)CCO1. The molecule has 2 aromatic heterocycles. The van der Waals surface area contributed by atoms with Crippen molar-refractivity contribution in [2.75, 3.05) is 19.7 Å². The van der Waals surface area contributed by atoms with Gasteiger partial charge in [-0.05, 0) is 28.1 Å². The quantitative estimate of drug-likeness (QED) is 0.897. The largest absolute Gasteiger partial charge is 0.367 e. The molecule has 3 heterocycles. The van der Waals surface area contributed by atoms with Crippen LogP contribution in [0.1, 0.15) is 5.69 Å². The summed E-state index contributed by atoms with van der Waals surface area (Å²) in [6.07, 6.45) is 3.33. The van der Waals surface area contributed by atoms with Gasteiger partial charge in [0, 0.05) is 30.3 Å². The maximum atomic E-state index is 11.2. The van der Waals surface area contributed by atoms with Crippen LogP contribution in [0.5, 0.6) is 0 Å². The standard InChI is InChI=1S/C13H15BrN4O2/c14-9-1-2-12-16-5-10(18(12)6-9)7-17-3-4-20-11(8-17)13(15)19/h1-2,5-6,11H,3-4,7-8H2,(H2,15,19)/t11-/m1/s1. The number of hydrogen-bond donors (Lipinski definition) is 1. The van der Waals surface area contributed by atoms with Crippen molar-refractivity contribution in [3.05, 3.63) is 34.7 Å². The third kappa shape index (κ3) is 2.70. The normalized spacial score (nSPS) is 20.4. The first-order chi connectivity index (χ1) is 9.63. The third-order valence-corrected chi connectivity index (χ3v) is 3.87. The highest BCUT2D eigenvalue weighted by Crippen LogP contribution is 2.16. The van der Waals surface area contributed by atoms with Gasteiger partial charge in [-0.1, -0.05) is 0 Å². The van der Waals surface area contributed by atoms with E-state index in [2.05, 4.69) is 25.8 Å². The minimum Gasteiger partial charge on any atom is -0.367 e. The summed E-state index contributed by atoms with van der Waals surface area (Å²) in [5.74, 6) is -0.407. The first-order valence-electron chi connectivity index (χ1n) is 6.38. The molecule has 0 saturated carbocycles. The van der Waals surface area contributed by atoms with Crippen LogP contribution >= 0.6 is 15.9 Å². The number of hydrogen-bond acceptors (Lipinski definition) is 4. The van der Waals surface area contributed by atoms with Crippen molar-refractivity contribution in [1.82, 2.24) is 14.3 Å². The molecule has 0 spiro atoms.